The zero-order valence-electron chi connectivity index (χ0n) is 13.1. The van der Waals surface area contributed by atoms with Crippen LogP contribution in [0.5, 0.6) is 0 Å². The van der Waals surface area contributed by atoms with Crippen LogP contribution in [0.15, 0.2) is 12.4 Å². The minimum absolute atomic E-state index is 0.676. The average Bonchev–Trinajstić information content (AvgIpc) is 2.48. The third-order valence-corrected chi connectivity index (χ3v) is 4.05. The number of hydrogen-bond donors (Lipinski definition) is 1. The van der Waals surface area contributed by atoms with Gasteiger partial charge in [-0.2, -0.15) is 0 Å². The highest BCUT2D eigenvalue weighted by molar-refractivity contribution is 5.30. The number of nitrogens with zero attached hydrogens (tertiary/aromatic N) is 3. The highest BCUT2D eigenvalue weighted by Gasteiger charge is 2.19. The molecule has 4 heteroatoms. The standard InChI is InChI=1S/C16H28N4/c1-4-14-5-7-20(8-6-14)16-18-11-15(12-19-16)10-17-9-13(2)3/h11-14,17H,4-10H2,1-3H3. The average molecular weight is 276 g/mol. The molecule has 0 unspecified atom stereocenters. The van der Waals surface area contributed by atoms with Crippen molar-refractivity contribution >= 4 is 5.95 Å². The lowest BCUT2D eigenvalue weighted by Crippen LogP contribution is -2.34. The summed E-state index contributed by atoms with van der Waals surface area (Å²) in [4.78, 5) is 11.4. The number of piperidine rings is 1. The van der Waals surface area contributed by atoms with E-state index in [1.54, 1.807) is 0 Å². The second-order valence-electron chi connectivity index (χ2n) is 6.25. The van der Waals surface area contributed by atoms with Crippen molar-refractivity contribution in [2.24, 2.45) is 11.8 Å². The van der Waals surface area contributed by atoms with Crippen LogP contribution in [-0.2, 0) is 6.54 Å². The Morgan fingerprint density at radius 1 is 1.25 bits per heavy atom. The van der Waals surface area contributed by atoms with Gasteiger partial charge in [0.15, 0.2) is 0 Å². The quantitative estimate of drug-likeness (QED) is 0.867. The Bertz CT molecular complexity index is 380. The molecule has 0 aromatic carbocycles. The molecular weight excluding hydrogens is 248 g/mol. The topological polar surface area (TPSA) is 41.1 Å². The zero-order valence-corrected chi connectivity index (χ0v) is 13.1. The SMILES string of the molecule is CCC1CCN(c2ncc(CNCC(C)C)cn2)CC1. The molecule has 4 nitrogen and oxygen atoms in total. The molecule has 1 saturated heterocycles. The summed E-state index contributed by atoms with van der Waals surface area (Å²) in [5.74, 6) is 2.47. The first-order valence-corrected chi connectivity index (χ1v) is 7.95. The second kappa shape index (κ2) is 7.58. The Morgan fingerprint density at radius 3 is 2.45 bits per heavy atom. The molecule has 112 valence electrons. The van der Waals surface area contributed by atoms with E-state index in [0.717, 1.165) is 43.6 Å². The van der Waals surface area contributed by atoms with E-state index in [4.69, 9.17) is 0 Å². The minimum Gasteiger partial charge on any atom is -0.341 e. The highest BCUT2D eigenvalue weighted by atomic mass is 15.2. The Hall–Kier alpha value is -1.16. The van der Waals surface area contributed by atoms with Crippen molar-refractivity contribution in [3.05, 3.63) is 18.0 Å². The van der Waals surface area contributed by atoms with E-state index in [2.05, 4.69) is 41.0 Å². The van der Waals surface area contributed by atoms with Gasteiger partial charge in [0.2, 0.25) is 5.95 Å². The molecule has 0 atom stereocenters. The molecule has 1 fully saturated rings. The summed E-state index contributed by atoms with van der Waals surface area (Å²) in [7, 11) is 0. The van der Waals surface area contributed by atoms with Crippen molar-refractivity contribution in [1.29, 1.82) is 0 Å². The Kier molecular flexibility index (Phi) is 5.77. The lowest BCUT2D eigenvalue weighted by molar-refractivity contribution is 0.392. The predicted molar refractivity (Wildman–Crippen MR) is 83.8 cm³/mol. The molecule has 0 amide bonds. The van der Waals surface area contributed by atoms with Crippen LogP contribution >= 0.6 is 0 Å². The Balaban J connectivity index is 1.82. The lowest BCUT2D eigenvalue weighted by atomic mass is 9.95. The normalized spacial score (nSPS) is 16.9. The number of hydrogen-bond acceptors (Lipinski definition) is 4. The Labute approximate surface area is 123 Å². The lowest BCUT2D eigenvalue weighted by Gasteiger charge is -2.31. The molecular formula is C16H28N4. The maximum Gasteiger partial charge on any atom is 0.225 e. The van der Waals surface area contributed by atoms with Crippen molar-refractivity contribution in [3.8, 4) is 0 Å². The monoisotopic (exact) mass is 276 g/mol. The summed E-state index contributed by atoms with van der Waals surface area (Å²) in [6, 6.07) is 0. The van der Waals surface area contributed by atoms with E-state index < -0.39 is 0 Å². The summed E-state index contributed by atoms with van der Waals surface area (Å²) >= 11 is 0. The predicted octanol–water partition coefficient (Wildman–Crippen LogP) is 2.85. The first kappa shape index (κ1) is 15.2. The summed E-state index contributed by atoms with van der Waals surface area (Å²) in [5, 5.41) is 3.42. The van der Waals surface area contributed by atoms with E-state index in [-0.39, 0.29) is 0 Å². The first-order chi connectivity index (χ1) is 9.69. The fraction of sp³-hybridized carbons (Fsp3) is 0.750. The van der Waals surface area contributed by atoms with Crippen LogP contribution in [0.25, 0.3) is 0 Å². The molecule has 0 aliphatic carbocycles. The van der Waals surface area contributed by atoms with Gasteiger partial charge in [-0.1, -0.05) is 27.2 Å². The molecule has 1 aromatic heterocycles. The van der Waals surface area contributed by atoms with Crippen molar-refractivity contribution in [1.82, 2.24) is 15.3 Å². The Morgan fingerprint density at radius 2 is 1.90 bits per heavy atom. The van der Waals surface area contributed by atoms with Crippen LogP contribution < -0.4 is 10.2 Å². The molecule has 0 bridgehead atoms. The smallest absolute Gasteiger partial charge is 0.225 e. The minimum atomic E-state index is 0.676. The van der Waals surface area contributed by atoms with Crippen molar-refractivity contribution in [2.75, 3.05) is 24.5 Å². The molecule has 2 rings (SSSR count). The van der Waals surface area contributed by atoms with E-state index in [0.29, 0.717) is 5.92 Å². The molecule has 2 heterocycles. The fourth-order valence-corrected chi connectivity index (χ4v) is 2.65. The molecule has 1 aliphatic heterocycles. The van der Waals surface area contributed by atoms with Crippen LogP contribution in [0.2, 0.25) is 0 Å². The molecule has 0 saturated carbocycles. The molecule has 0 spiro atoms. The van der Waals surface area contributed by atoms with Gasteiger partial charge in [-0.15, -0.1) is 0 Å². The van der Waals surface area contributed by atoms with Gasteiger partial charge in [0.1, 0.15) is 0 Å². The van der Waals surface area contributed by atoms with Gasteiger partial charge in [-0.3, -0.25) is 0 Å². The van der Waals surface area contributed by atoms with Gasteiger partial charge in [0, 0.05) is 37.6 Å². The number of nitrogens with one attached hydrogen (secondary N) is 1. The van der Waals surface area contributed by atoms with Crippen LogP contribution in [0.4, 0.5) is 5.95 Å². The molecule has 1 N–H and O–H groups in total. The largest absolute Gasteiger partial charge is 0.341 e. The van der Waals surface area contributed by atoms with Crippen molar-refractivity contribution < 1.29 is 0 Å². The van der Waals surface area contributed by atoms with Crippen LogP contribution in [0.3, 0.4) is 0 Å². The van der Waals surface area contributed by atoms with Crippen LogP contribution in [-0.4, -0.2) is 29.6 Å². The highest BCUT2D eigenvalue weighted by Crippen LogP contribution is 2.22. The van der Waals surface area contributed by atoms with Gasteiger partial charge in [0.25, 0.3) is 0 Å². The van der Waals surface area contributed by atoms with E-state index >= 15 is 0 Å². The van der Waals surface area contributed by atoms with Crippen molar-refractivity contribution in [3.63, 3.8) is 0 Å². The van der Waals surface area contributed by atoms with E-state index in [1.807, 2.05) is 12.4 Å². The zero-order chi connectivity index (χ0) is 14.4. The third-order valence-electron chi connectivity index (χ3n) is 4.05. The number of aromatic nitrogens is 2. The van der Waals surface area contributed by atoms with Gasteiger partial charge in [0.05, 0.1) is 0 Å². The van der Waals surface area contributed by atoms with Gasteiger partial charge in [-0.25, -0.2) is 9.97 Å². The molecule has 0 radical (unpaired) electrons. The van der Waals surface area contributed by atoms with Gasteiger partial charge in [-0.05, 0) is 31.2 Å². The van der Waals surface area contributed by atoms with Crippen molar-refractivity contribution in [2.45, 2.75) is 46.6 Å². The maximum absolute atomic E-state index is 4.53. The first-order valence-electron chi connectivity index (χ1n) is 7.95. The second-order valence-corrected chi connectivity index (χ2v) is 6.25. The molecule has 1 aromatic rings. The molecule has 1 aliphatic rings. The van der Waals surface area contributed by atoms with Gasteiger partial charge >= 0.3 is 0 Å². The van der Waals surface area contributed by atoms with Gasteiger partial charge < -0.3 is 10.2 Å². The summed E-state index contributed by atoms with van der Waals surface area (Å²) < 4.78 is 0. The summed E-state index contributed by atoms with van der Waals surface area (Å²) in [6.07, 6.45) is 7.77. The fourth-order valence-electron chi connectivity index (χ4n) is 2.65. The number of anilines is 1. The van der Waals surface area contributed by atoms with E-state index in [9.17, 15) is 0 Å². The van der Waals surface area contributed by atoms with Crippen LogP contribution in [0, 0.1) is 11.8 Å². The summed E-state index contributed by atoms with van der Waals surface area (Å²) in [5.41, 5.74) is 1.16. The number of rotatable bonds is 6. The molecule has 20 heavy (non-hydrogen) atoms. The summed E-state index contributed by atoms with van der Waals surface area (Å²) in [6.45, 7) is 10.8. The third kappa shape index (κ3) is 4.44. The van der Waals surface area contributed by atoms with Crippen LogP contribution in [0.1, 0.15) is 45.6 Å². The maximum atomic E-state index is 4.53. The van der Waals surface area contributed by atoms with E-state index in [1.165, 1.54) is 19.3 Å².